The Labute approximate surface area is 191 Å². The molecule has 0 aromatic rings. The highest BCUT2D eigenvalue weighted by Crippen LogP contribution is 2.64. The van der Waals surface area contributed by atoms with Gasteiger partial charge in [-0.05, 0) is 94.5 Å². The lowest BCUT2D eigenvalue weighted by Crippen LogP contribution is -2.62. The maximum absolute atomic E-state index is 15.5. The van der Waals surface area contributed by atoms with E-state index < -0.39 is 11.6 Å². The fourth-order valence-corrected chi connectivity index (χ4v) is 8.17. The highest BCUT2D eigenvalue weighted by Gasteiger charge is 2.67. The molecule has 4 saturated carbocycles. The molecule has 0 aromatic heterocycles. The Bertz CT molecular complexity index is 794. The molecule has 5 nitrogen and oxygen atoms in total. The van der Waals surface area contributed by atoms with Crippen LogP contribution < -0.4 is 0 Å². The summed E-state index contributed by atoms with van der Waals surface area (Å²) in [6.07, 6.45) is 7.97. The van der Waals surface area contributed by atoms with Crippen molar-refractivity contribution in [1.29, 1.82) is 0 Å². The number of likely N-dealkylation sites (tertiary alicyclic amines) is 1. The molecule has 1 aliphatic heterocycles. The molecule has 1 saturated heterocycles. The van der Waals surface area contributed by atoms with E-state index in [1.54, 1.807) is 6.92 Å². The Morgan fingerprint density at radius 3 is 2.66 bits per heavy atom. The average molecular weight is 447 g/mol. The topological polar surface area (TPSA) is 59.0 Å². The van der Waals surface area contributed by atoms with Gasteiger partial charge in [0.1, 0.15) is 12.4 Å². The van der Waals surface area contributed by atoms with Gasteiger partial charge in [-0.2, -0.15) is 0 Å². The van der Waals surface area contributed by atoms with Gasteiger partial charge in [-0.3, -0.25) is 14.5 Å². The van der Waals surface area contributed by atoms with Crippen molar-refractivity contribution < 1.29 is 18.8 Å². The summed E-state index contributed by atoms with van der Waals surface area (Å²) in [6.45, 7) is 7.84. The molecule has 6 heteroatoms. The second-order valence-electron chi connectivity index (χ2n) is 11.6. The number of oxime groups is 1. The molecule has 0 radical (unpaired) electrons. The molecule has 0 aromatic carbocycles. The van der Waals surface area contributed by atoms with E-state index in [0.717, 1.165) is 63.9 Å². The molecule has 0 spiro atoms. The van der Waals surface area contributed by atoms with Crippen molar-refractivity contribution >= 4 is 17.3 Å². The number of carbonyl (C=O) groups excluding carboxylic acids is 2. The van der Waals surface area contributed by atoms with E-state index in [9.17, 15) is 9.59 Å². The number of piperidine rings is 1. The van der Waals surface area contributed by atoms with E-state index in [1.807, 2.05) is 0 Å². The van der Waals surface area contributed by atoms with Gasteiger partial charge in [0.25, 0.3) is 0 Å². The minimum absolute atomic E-state index is 0.0265. The number of halogens is 1. The molecule has 7 unspecified atom stereocenters. The molecule has 0 bridgehead atoms. The fraction of sp³-hybridized carbons (Fsp3) is 0.885. The smallest absolute Gasteiger partial charge is 0.171 e. The van der Waals surface area contributed by atoms with Crippen LogP contribution in [0, 0.1) is 34.5 Å². The van der Waals surface area contributed by atoms with E-state index in [0.29, 0.717) is 18.9 Å². The molecule has 4 aliphatic carbocycles. The Morgan fingerprint density at radius 2 is 1.88 bits per heavy atom. The third-order valence-corrected chi connectivity index (χ3v) is 10.1. The predicted octanol–water partition coefficient (Wildman–Crippen LogP) is 4.58. The van der Waals surface area contributed by atoms with Crippen LogP contribution >= 0.6 is 0 Å². The first kappa shape index (κ1) is 22.5. The summed E-state index contributed by atoms with van der Waals surface area (Å²) in [7, 11) is 0. The molecule has 178 valence electrons. The zero-order valence-electron chi connectivity index (χ0n) is 19.8. The standard InChI is InChI=1S/C26H39FN2O3/c1-25-11-10-18(28-32-15-14-29-12-4-3-5-13-29)16-17(25)6-7-19-20-8-9-21(30)26(20,2)24(27)23(31)22(19)25/h17,19-20,22,24H,3-16H2,1-2H3. The number of hydrogen-bond donors (Lipinski definition) is 0. The van der Waals surface area contributed by atoms with Crippen LogP contribution in [0.15, 0.2) is 5.16 Å². The summed E-state index contributed by atoms with van der Waals surface area (Å²) >= 11 is 0. The number of fused-ring (bicyclic) bond motifs is 5. The highest BCUT2D eigenvalue weighted by molar-refractivity contribution is 5.98. The van der Waals surface area contributed by atoms with Crippen molar-refractivity contribution in [1.82, 2.24) is 4.90 Å². The molecule has 5 fully saturated rings. The normalized spacial score (nSPS) is 46.0. The van der Waals surface area contributed by atoms with E-state index in [4.69, 9.17) is 4.84 Å². The second-order valence-corrected chi connectivity index (χ2v) is 11.6. The number of ketones is 2. The van der Waals surface area contributed by atoms with Gasteiger partial charge in [0.15, 0.2) is 12.0 Å². The van der Waals surface area contributed by atoms with Crippen LogP contribution in [-0.4, -0.2) is 54.6 Å². The van der Waals surface area contributed by atoms with Crippen molar-refractivity contribution in [2.24, 2.45) is 39.7 Å². The zero-order valence-corrected chi connectivity index (χ0v) is 19.8. The first-order valence-corrected chi connectivity index (χ1v) is 13.0. The summed E-state index contributed by atoms with van der Waals surface area (Å²) in [6, 6.07) is 0. The lowest BCUT2D eigenvalue weighted by Gasteiger charge is -2.59. The molecular weight excluding hydrogens is 407 g/mol. The van der Waals surface area contributed by atoms with Gasteiger partial charge in [0, 0.05) is 18.9 Å². The van der Waals surface area contributed by atoms with Gasteiger partial charge in [-0.15, -0.1) is 0 Å². The van der Waals surface area contributed by atoms with E-state index in [-0.39, 0.29) is 34.7 Å². The Hall–Kier alpha value is -1.30. The van der Waals surface area contributed by atoms with E-state index >= 15 is 4.39 Å². The zero-order chi connectivity index (χ0) is 22.5. The summed E-state index contributed by atoms with van der Waals surface area (Å²) in [5.74, 6) is -0.0327. The van der Waals surface area contributed by atoms with Crippen LogP contribution in [0.4, 0.5) is 4.39 Å². The quantitative estimate of drug-likeness (QED) is 0.468. The van der Waals surface area contributed by atoms with E-state index in [2.05, 4.69) is 17.0 Å². The Kier molecular flexibility index (Phi) is 5.96. The molecule has 1 heterocycles. The number of nitrogens with zero attached hydrogens (tertiary/aromatic N) is 2. The first-order valence-electron chi connectivity index (χ1n) is 13.0. The average Bonchev–Trinajstić information content (AvgIpc) is 3.11. The molecule has 5 rings (SSSR count). The lowest BCUT2D eigenvalue weighted by atomic mass is 9.44. The van der Waals surface area contributed by atoms with Crippen molar-refractivity contribution in [3.8, 4) is 0 Å². The van der Waals surface area contributed by atoms with Crippen molar-refractivity contribution in [3.63, 3.8) is 0 Å². The third-order valence-electron chi connectivity index (χ3n) is 10.1. The van der Waals surface area contributed by atoms with Crippen molar-refractivity contribution in [2.75, 3.05) is 26.2 Å². The van der Waals surface area contributed by atoms with Crippen LogP contribution in [0.2, 0.25) is 0 Å². The summed E-state index contributed by atoms with van der Waals surface area (Å²) in [5, 5.41) is 4.49. The van der Waals surface area contributed by atoms with Crippen LogP contribution in [0.5, 0.6) is 0 Å². The maximum atomic E-state index is 15.5. The van der Waals surface area contributed by atoms with Crippen LogP contribution in [0.25, 0.3) is 0 Å². The van der Waals surface area contributed by atoms with Gasteiger partial charge < -0.3 is 4.84 Å². The molecular formula is C26H39FN2O3. The SMILES string of the molecule is CC12CCC(=NOCCN3CCCCC3)CC1CCC1C2C(=O)C(F)C2(C)C(=O)CCC12. The van der Waals surface area contributed by atoms with Gasteiger partial charge in [-0.1, -0.05) is 18.5 Å². The lowest BCUT2D eigenvalue weighted by molar-refractivity contribution is -0.169. The van der Waals surface area contributed by atoms with Gasteiger partial charge in [-0.25, -0.2) is 4.39 Å². The number of Topliss-reactive ketones (excluding diaryl/α,β-unsaturated/α-hetero) is 2. The summed E-state index contributed by atoms with van der Waals surface area (Å²) in [4.78, 5) is 34.1. The van der Waals surface area contributed by atoms with Gasteiger partial charge in [0.05, 0.1) is 11.1 Å². The molecule has 0 N–H and O–H groups in total. The van der Waals surface area contributed by atoms with Crippen LogP contribution in [-0.2, 0) is 14.4 Å². The number of hydrogen-bond acceptors (Lipinski definition) is 5. The highest BCUT2D eigenvalue weighted by atomic mass is 19.1. The third kappa shape index (κ3) is 3.47. The van der Waals surface area contributed by atoms with Gasteiger partial charge in [0.2, 0.25) is 0 Å². The largest absolute Gasteiger partial charge is 0.394 e. The summed E-state index contributed by atoms with van der Waals surface area (Å²) < 4.78 is 15.5. The Balaban J connectivity index is 1.25. The molecule has 32 heavy (non-hydrogen) atoms. The van der Waals surface area contributed by atoms with Crippen LogP contribution in [0.1, 0.15) is 78.1 Å². The van der Waals surface area contributed by atoms with Gasteiger partial charge >= 0.3 is 0 Å². The van der Waals surface area contributed by atoms with Crippen molar-refractivity contribution in [3.05, 3.63) is 0 Å². The minimum atomic E-state index is -1.63. The number of carbonyl (C=O) groups is 2. The maximum Gasteiger partial charge on any atom is 0.171 e. The number of alkyl halides is 1. The first-order chi connectivity index (χ1) is 15.4. The summed E-state index contributed by atoms with van der Waals surface area (Å²) in [5.41, 5.74) is -0.166. The Morgan fingerprint density at radius 1 is 1.09 bits per heavy atom. The predicted molar refractivity (Wildman–Crippen MR) is 121 cm³/mol. The molecule has 7 atom stereocenters. The minimum Gasteiger partial charge on any atom is -0.394 e. The van der Waals surface area contributed by atoms with Crippen molar-refractivity contribution in [2.45, 2.75) is 84.2 Å². The fourth-order valence-electron chi connectivity index (χ4n) is 8.17. The molecule has 5 aliphatic rings. The van der Waals surface area contributed by atoms with E-state index in [1.165, 1.54) is 19.3 Å². The molecule has 0 amide bonds. The second kappa shape index (κ2) is 8.48. The number of rotatable bonds is 4. The monoisotopic (exact) mass is 446 g/mol. The van der Waals surface area contributed by atoms with Crippen LogP contribution in [0.3, 0.4) is 0 Å².